The number of amides is 2. The summed E-state index contributed by atoms with van der Waals surface area (Å²) >= 11 is 0. The molecule has 0 heterocycles. The Morgan fingerprint density at radius 2 is 1.61 bits per heavy atom. The Labute approximate surface area is 107 Å². The molecule has 6 heteroatoms. The lowest BCUT2D eigenvalue weighted by Crippen LogP contribution is -2.40. The predicted octanol–water partition coefficient (Wildman–Crippen LogP) is 0.418. The van der Waals surface area contributed by atoms with Crippen molar-refractivity contribution in [3.05, 3.63) is 0 Å². The molecule has 0 aromatic carbocycles. The third-order valence-corrected chi connectivity index (χ3v) is 2.57. The van der Waals surface area contributed by atoms with Crippen LogP contribution in [0.15, 0.2) is 0 Å². The average Bonchev–Trinajstić information content (AvgIpc) is 2.27. The van der Waals surface area contributed by atoms with E-state index in [1.165, 1.54) is 0 Å². The van der Waals surface area contributed by atoms with E-state index in [1.54, 1.807) is 0 Å². The molecular formula is C12H22N2O4. The van der Waals surface area contributed by atoms with Crippen molar-refractivity contribution in [3.8, 4) is 0 Å². The minimum atomic E-state index is -0.640. The van der Waals surface area contributed by atoms with Gasteiger partial charge in [0.1, 0.15) is 0 Å². The molecule has 0 aliphatic rings. The molecule has 104 valence electrons. The molecule has 0 rings (SSSR count). The zero-order valence-corrected chi connectivity index (χ0v) is 11.3. The van der Waals surface area contributed by atoms with Gasteiger partial charge in [-0.2, -0.15) is 0 Å². The van der Waals surface area contributed by atoms with E-state index in [0.717, 1.165) is 0 Å². The molecule has 0 fully saturated rings. The Kier molecular flexibility index (Phi) is 7.74. The smallest absolute Gasteiger partial charge is 0.309 e. The van der Waals surface area contributed by atoms with Gasteiger partial charge in [0.15, 0.2) is 6.23 Å². The van der Waals surface area contributed by atoms with Gasteiger partial charge >= 0.3 is 5.97 Å². The Balaban J connectivity index is 4.36. The number of hydrogen-bond donors (Lipinski definition) is 2. The van der Waals surface area contributed by atoms with E-state index in [4.69, 9.17) is 4.74 Å². The molecule has 0 radical (unpaired) electrons. The number of esters is 1. The summed E-state index contributed by atoms with van der Waals surface area (Å²) in [6, 6.07) is -0.265. The van der Waals surface area contributed by atoms with Gasteiger partial charge in [0.05, 0.1) is 6.42 Å². The molecule has 0 unspecified atom stereocenters. The molecule has 0 aromatic rings. The molecule has 0 aliphatic heterocycles. The Morgan fingerprint density at radius 1 is 1.06 bits per heavy atom. The summed E-state index contributed by atoms with van der Waals surface area (Å²) < 4.78 is 5.14. The SMILES string of the molecule is CC(C)[C@H](NC=O)OC(=O)C[C@@H](NC=O)C(C)C. The van der Waals surface area contributed by atoms with Crippen LogP contribution in [-0.2, 0) is 19.1 Å². The van der Waals surface area contributed by atoms with Gasteiger partial charge in [-0.25, -0.2) is 0 Å². The van der Waals surface area contributed by atoms with Gasteiger partial charge in [0.2, 0.25) is 12.8 Å². The molecular weight excluding hydrogens is 236 g/mol. The summed E-state index contributed by atoms with van der Waals surface area (Å²) in [5, 5.41) is 5.01. The number of hydrogen-bond acceptors (Lipinski definition) is 4. The van der Waals surface area contributed by atoms with Crippen LogP contribution in [0.1, 0.15) is 34.1 Å². The Hall–Kier alpha value is -1.59. The number of carbonyl (C=O) groups is 3. The number of carbonyl (C=O) groups excluding carboxylic acids is 3. The van der Waals surface area contributed by atoms with Gasteiger partial charge in [-0.1, -0.05) is 27.7 Å². The first-order chi connectivity index (χ1) is 8.42. The lowest BCUT2D eigenvalue weighted by molar-refractivity contribution is -0.154. The molecule has 0 saturated heterocycles. The van der Waals surface area contributed by atoms with Crippen LogP contribution in [0.3, 0.4) is 0 Å². The normalized spacial score (nSPS) is 13.9. The Bertz CT molecular complexity index is 253. The lowest BCUT2D eigenvalue weighted by atomic mass is 10.0. The van der Waals surface area contributed by atoms with Crippen molar-refractivity contribution in [2.75, 3.05) is 0 Å². The van der Waals surface area contributed by atoms with Crippen LogP contribution in [-0.4, -0.2) is 31.1 Å². The fraction of sp³-hybridized carbons (Fsp3) is 0.750. The zero-order valence-electron chi connectivity index (χ0n) is 11.3. The van der Waals surface area contributed by atoms with E-state index in [0.29, 0.717) is 12.8 Å². The van der Waals surface area contributed by atoms with Crippen molar-refractivity contribution in [2.24, 2.45) is 11.8 Å². The number of ether oxygens (including phenoxy) is 1. The van der Waals surface area contributed by atoms with Crippen molar-refractivity contribution in [2.45, 2.75) is 46.4 Å². The van der Waals surface area contributed by atoms with E-state index in [-0.39, 0.29) is 24.3 Å². The second-order valence-electron chi connectivity index (χ2n) is 4.78. The van der Waals surface area contributed by atoms with Crippen molar-refractivity contribution < 1.29 is 19.1 Å². The second kappa shape index (κ2) is 8.49. The molecule has 2 amide bonds. The first kappa shape index (κ1) is 16.4. The van der Waals surface area contributed by atoms with Crippen molar-refractivity contribution >= 4 is 18.8 Å². The van der Waals surface area contributed by atoms with Crippen molar-refractivity contribution in [1.82, 2.24) is 10.6 Å². The molecule has 0 aromatic heterocycles. The van der Waals surface area contributed by atoms with Crippen LogP contribution < -0.4 is 10.6 Å². The quantitative estimate of drug-likeness (QED) is 0.356. The van der Waals surface area contributed by atoms with Crippen molar-refractivity contribution in [3.63, 3.8) is 0 Å². The number of nitrogens with one attached hydrogen (secondary N) is 2. The summed E-state index contributed by atoms with van der Waals surface area (Å²) in [6.07, 6.45) is 0.516. The van der Waals surface area contributed by atoms with E-state index in [1.807, 2.05) is 27.7 Å². The summed E-state index contributed by atoms with van der Waals surface area (Å²) in [7, 11) is 0. The third-order valence-electron chi connectivity index (χ3n) is 2.57. The molecule has 18 heavy (non-hydrogen) atoms. The fourth-order valence-electron chi connectivity index (χ4n) is 1.37. The summed E-state index contributed by atoms with van der Waals surface area (Å²) in [5.74, 6) is -0.342. The van der Waals surface area contributed by atoms with E-state index in [2.05, 4.69) is 10.6 Å². The predicted molar refractivity (Wildman–Crippen MR) is 66.4 cm³/mol. The van der Waals surface area contributed by atoms with Crippen LogP contribution in [0.25, 0.3) is 0 Å². The molecule has 0 saturated carbocycles. The highest BCUT2D eigenvalue weighted by Gasteiger charge is 2.22. The van der Waals surface area contributed by atoms with Gasteiger partial charge in [-0.15, -0.1) is 0 Å². The molecule has 0 spiro atoms. The van der Waals surface area contributed by atoms with Gasteiger partial charge < -0.3 is 15.4 Å². The highest BCUT2D eigenvalue weighted by molar-refractivity contribution is 5.71. The highest BCUT2D eigenvalue weighted by atomic mass is 16.6. The van der Waals surface area contributed by atoms with Crippen LogP contribution in [0.5, 0.6) is 0 Å². The fourth-order valence-corrected chi connectivity index (χ4v) is 1.37. The minimum absolute atomic E-state index is 0.0179. The first-order valence-corrected chi connectivity index (χ1v) is 6.01. The third kappa shape index (κ3) is 6.22. The summed E-state index contributed by atoms with van der Waals surface area (Å²) in [5.41, 5.74) is 0. The average molecular weight is 258 g/mol. The topological polar surface area (TPSA) is 84.5 Å². The molecule has 6 nitrogen and oxygen atoms in total. The van der Waals surface area contributed by atoms with E-state index < -0.39 is 12.2 Å². The van der Waals surface area contributed by atoms with Crippen LogP contribution in [0.4, 0.5) is 0 Å². The van der Waals surface area contributed by atoms with Gasteiger partial charge in [-0.3, -0.25) is 14.4 Å². The first-order valence-electron chi connectivity index (χ1n) is 6.01. The second-order valence-corrected chi connectivity index (χ2v) is 4.78. The van der Waals surface area contributed by atoms with Crippen LogP contribution in [0, 0.1) is 11.8 Å². The monoisotopic (exact) mass is 258 g/mol. The maximum atomic E-state index is 11.7. The van der Waals surface area contributed by atoms with Gasteiger partial charge in [-0.05, 0) is 5.92 Å². The van der Waals surface area contributed by atoms with Gasteiger partial charge in [0, 0.05) is 12.0 Å². The molecule has 0 aliphatic carbocycles. The largest absolute Gasteiger partial charge is 0.441 e. The summed E-state index contributed by atoms with van der Waals surface area (Å²) in [6.45, 7) is 7.46. The number of rotatable bonds is 9. The lowest BCUT2D eigenvalue weighted by Gasteiger charge is -2.23. The standard InChI is InChI=1S/C12H22N2O4/c1-8(2)10(13-6-15)5-11(17)18-12(9(3)4)14-7-16/h6-10,12H,5H2,1-4H3,(H,13,15)(H,14,16)/t10-,12-/m1/s1. The highest BCUT2D eigenvalue weighted by Crippen LogP contribution is 2.09. The van der Waals surface area contributed by atoms with Crippen LogP contribution in [0.2, 0.25) is 0 Å². The van der Waals surface area contributed by atoms with E-state index in [9.17, 15) is 14.4 Å². The maximum absolute atomic E-state index is 11.7. The van der Waals surface area contributed by atoms with E-state index >= 15 is 0 Å². The molecule has 2 N–H and O–H groups in total. The molecule has 2 atom stereocenters. The zero-order chi connectivity index (χ0) is 14.1. The summed E-state index contributed by atoms with van der Waals surface area (Å²) in [4.78, 5) is 32.5. The Morgan fingerprint density at radius 3 is 2.00 bits per heavy atom. The van der Waals surface area contributed by atoms with Gasteiger partial charge in [0.25, 0.3) is 0 Å². The molecule has 0 bridgehead atoms. The van der Waals surface area contributed by atoms with Crippen LogP contribution >= 0.6 is 0 Å². The minimum Gasteiger partial charge on any atom is -0.441 e. The van der Waals surface area contributed by atoms with Crippen molar-refractivity contribution in [1.29, 1.82) is 0 Å². The maximum Gasteiger partial charge on any atom is 0.309 e.